The van der Waals surface area contributed by atoms with Crippen LogP contribution in [-0.2, 0) is 20.9 Å². The molecule has 3 heterocycles. The molecule has 142 valence electrons. The minimum atomic E-state index is -0.0618. The van der Waals surface area contributed by atoms with Gasteiger partial charge in [0.1, 0.15) is 0 Å². The number of aromatic nitrogens is 2. The molecule has 1 aromatic heterocycles. The monoisotopic (exact) mass is 385 g/mol. The summed E-state index contributed by atoms with van der Waals surface area (Å²) in [5, 5.41) is 0.906. The van der Waals surface area contributed by atoms with E-state index in [9.17, 15) is 9.59 Å². The summed E-state index contributed by atoms with van der Waals surface area (Å²) in [5.41, 5.74) is 2.20. The summed E-state index contributed by atoms with van der Waals surface area (Å²) in [4.78, 5) is 29.5. The Labute approximate surface area is 162 Å². The lowest BCUT2D eigenvalue weighted by Gasteiger charge is -2.17. The standard InChI is InChI=1S/C20H23N3O3S/c24-18-8-9-19(25)22(18)10-12-27-20-21-13-17(15-5-2-1-3-6-15)23(20)14-16-7-4-11-26-16/h1-3,5-6,13,16H,4,7-12,14H2/t16-/m0/s1. The fourth-order valence-corrected chi connectivity index (χ4v) is 4.49. The highest BCUT2D eigenvalue weighted by molar-refractivity contribution is 7.99. The second-order valence-electron chi connectivity index (χ2n) is 6.83. The van der Waals surface area contributed by atoms with Crippen LogP contribution >= 0.6 is 11.8 Å². The molecule has 7 heteroatoms. The minimum absolute atomic E-state index is 0.0618. The van der Waals surface area contributed by atoms with Gasteiger partial charge in [-0.1, -0.05) is 42.1 Å². The number of hydrogen-bond acceptors (Lipinski definition) is 5. The number of thioether (sulfide) groups is 1. The Hall–Kier alpha value is -2.12. The average molecular weight is 385 g/mol. The summed E-state index contributed by atoms with van der Waals surface area (Å²) in [7, 11) is 0. The third kappa shape index (κ3) is 4.09. The fourth-order valence-electron chi connectivity index (χ4n) is 3.58. The number of amides is 2. The van der Waals surface area contributed by atoms with Crippen molar-refractivity contribution in [1.29, 1.82) is 0 Å². The Bertz CT molecular complexity index is 799. The van der Waals surface area contributed by atoms with E-state index in [0.29, 0.717) is 25.1 Å². The predicted octanol–water partition coefficient (Wildman–Crippen LogP) is 2.97. The lowest BCUT2D eigenvalue weighted by molar-refractivity contribution is -0.137. The van der Waals surface area contributed by atoms with Gasteiger partial charge in [-0.2, -0.15) is 0 Å². The number of imide groups is 1. The number of ether oxygens (including phenoxy) is 1. The molecule has 6 nitrogen and oxygen atoms in total. The van der Waals surface area contributed by atoms with Crippen molar-refractivity contribution in [3.8, 4) is 11.3 Å². The Morgan fingerprint density at radius 3 is 2.63 bits per heavy atom. The van der Waals surface area contributed by atoms with Crippen LogP contribution in [0.25, 0.3) is 11.3 Å². The number of imidazole rings is 1. The van der Waals surface area contributed by atoms with Gasteiger partial charge in [0, 0.05) is 31.7 Å². The predicted molar refractivity (Wildman–Crippen MR) is 103 cm³/mol. The van der Waals surface area contributed by atoms with E-state index in [1.54, 1.807) is 11.8 Å². The molecule has 2 aliphatic heterocycles. The molecule has 0 radical (unpaired) electrons. The highest BCUT2D eigenvalue weighted by Crippen LogP contribution is 2.28. The van der Waals surface area contributed by atoms with Crippen molar-refractivity contribution in [2.24, 2.45) is 0 Å². The molecule has 0 N–H and O–H groups in total. The molecule has 0 aliphatic carbocycles. The molecule has 0 unspecified atom stereocenters. The molecule has 2 aromatic rings. The molecule has 4 rings (SSSR count). The summed E-state index contributed by atoms with van der Waals surface area (Å²) in [6, 6.07) is 10.2. The van der Waals surface area contributed by atoms with Gasteiger partial charge in [0.2, 0.25) is 11.8 Å². The molecule has 0 saturated carbocycles. The zero-order chi connectivity index (χ0) is 18.6. The molecule has 2 amide bonds. The normalized spacial score (nSPS) is 20.0. The number of likely N-dealkylation sites (tertiary alicyclic amines) is 1. The van der Waals surface area contributed by atoms with Crippen molar-refractivity contribution < 1.29 is 14.3 Å². The summed E-state index contributed by atoms with van der Waals surface area (Å²) in [6.07, 6.45) is 4.96. The van der Waals surface area contributed by atoms with Crippen LogP contribution in [0.2, 0.25) is 0 Å². The molecule has 27 heavy (non-hydrogen) atoms. The Kier molecular flexibility index (Phi) is 5.59. The summed E-state index contributed by atoms with van der Waals surface area (Å²) in [5.74, 6) is 0.523. The van der Waals surface area contributed by atoms with Gasteiger partial charge in [0.15, 0.2) is 5.16 Å². The third-order valence-corrected chi connectivity index (χ3v) is 5.97. The van der Waals surface area contributed by atoms with Crippen molar-refractivity contribution in [3.63, 3.8) is 0 Å². The Morgan fingerprint density at radius 2 is 1.93 bits per heavy atom. The van der Waals surface area contributed by atoms with Gasteiger partial charge < -0.3 is 9.30 Å². The smallest absolute Gasteiger partial charge is 0.229 e. The number of hydrogen-bond donors (Lipinski definition) is 0. The van der Waals surface area contributed by atoms with Gasteiger partial charge in [-0.25, -0.2) is 4.98 Å². The SMILES string of the molecule is O=C1CCC(=O)N1CCSc1ncc(-c2ccccc2)n1C[C@@H]1CCCO1. The maximum absolute atomic E-state index is 11.8. The van der Waals surface area contributed by atoms with Gasteiger partial charge >= 0.3 is 0 Å². The first-order valence-corrected chi connectivity index (χ1v) is 10.4. The van der Waals surface area contributed by atoms with Crippen LogP contribution in [0, 0.1) is 0 Å². The van der Waals surface area contributed by atoms with Gasteiger partial charge in [0.25, 0.3) is 0 Å². The van der Waals surface area contributed by atoms with Gasteiger partial charge in [0.05, 0.1) is 24.5 Å². The second kappa shape index (κ2) is 8.27. The van der Waals surface area contributed by atoms with Crippen LogP contribution in [-0.4, -0.2) is 51.3 Å². The van der Waals surface area contributed by atoms with Gasteiger partial charge in [-0.3, -0.25) is 14.5 Å². The van der Waals surface area contributed by atoms with Crippen LogP contribution in [0.1, 0.15) is 25.7 Å². The van der Waals surface area contributed by atoms with Crippen LogP contribution in [0.5, 0.6) is 0 Å². The summed E-state index contributed by atoms with van der Waals surface area (Å²) < 4.78 is 8.04. The van der Waals surface area contributed by atoms with E-state index in [0.717, 1.165) is 42.4 Å². The molecule has 2 fully saturated rings. The number of rotatable bonds is 7. The largest absolute Gasteiger partial charge is 0.376 e. The number of benzene rings is 1. The lowest BCUT2D eigenvalue weighted by Crippen LogP contribution is -2.31. The first kappa shape index (κ1) is 18.3. The van der Waals surface area contributed by atoms with Gasteiger partial charge in [-0.15, -0.1) is 0 Å². The van der Waals surface area contributed by atoms with Crippen LogP contribution in [0.15, 0.2) is 41.7 Å². The quantitative estimate of drug-likeness (QED) is 0.542. The molecule has 2 saturated heterocycles. The van der Waals surface area contributed by atoms with Crippen molar-refractivity contribution >= 4 is 23.6 Å². The van der Waals surface area contributed by atoms with E-state index in [4.69, 9.17) is 4.74 Å². The Morgan fingerprint density at radius 1 is 1.15 bits per heavy atom. The lowest BCUT2D eigenvalue weighted by atomic mass is 10.1. The Balaban J connectivity index is 1.50. The average Bonchev–Trinajstić information content (AvgIpc) is 3.41. The molecule has 0 bridgehead atoms. The molecule has 1 atom stereocenters. The van der Waals surface area contributed by atoms with E-state index in [1.165, 1.54) is 4.90 Å². The number of carbonyl (C=O) groups is 2. The van der Waals surface area contributed by atoms with Crippen LogP contribution in [0.3, 0.4) is 0 Å². The van der Waals surface area contributed by atoms with Crippen molar-refractivity contribution in [3.05, 3.63) is 36.5 Å². The van der Waals surface area contributed by atoms with Crippen LogP contribution < -0.4 is 0 Å². The van der Waals surface area contributed by atoms with E-state index < -0.39 is 0 Å². The first-order valence-electron chi connectivity index (χ1n) is 9.41. The van der Waals surface area contributed by atoms with E-state index in [1.807, 2.05) is 24.4 Å². The first-order chi connectivity index (χ1) is 13.2. The number of carbonyl (C=O) groups excluding carboxylic acids is 2. The zero-order valence-corrected chi connectivity index (χ0v) is 16.0. The summed E-state index contributed by atoms with van der Waals surface area (Å²) in [6.45, 7) is 2.03. The van der Waals surface area contributed by atoms with E-state index in [-0.39, 0.29) is 17.9 Å². The number of nitrogens with zero attached hydrogens (tertiary/aromatic N) is 3. The molecular weight excluding hydrogens is 362 g/mol. The van der Waals surface area contributed by atoms with Crippen molar-refractivity contribution in [2.75, 3.05) is 18.9 Å². The van der Waals surface area contributed by atoms with Crippen molar-refractivity contribution in [1.82, 2.24) is 14.5 Å². The second-order valence-corrected chi connectivity index (χ2v) is 7.89. The van der Waals surface area contributed by atoms with E-state index in [2.05, 4.69) is 21.7 Å². The molecule has 1 aromatic carbocycles. The maximum Gasteiger partial charge on any atom is 0.229 e. The minimum Gasteiger partial charge on any atom is -0.376 e. The molecule has 0 spiro atoms. The topological polar surface area (TPSA) is 64.4 Å². The third-order valence-electron chi connectivity index (χ3n) is 5.00. The van der Waals surface area contributed by atoms with Crippen LogP contribution in [0.4, 0.5) is 0 Å². The highest BCUT2D eigenvalue weighted by atomic mass is 32.2. The van der Waals surface area contributed by atoms with Crippen molar-refractivity contribution in [2.45, 2.75) is 43.5 Å². The zero-order valence-electron chi connectivity index (χ0n) is 15.2. The fraction of sp³-hybridized carbons (Fsp3) is 0.450. The maximum atomic E-state index is 11.8. The van der Waals surface area contributed by atoms with Gasteiger partial charge in [-0.05, 0) is 18.4 Å². The molecule has 2 aliphatic rings. The molecular formula is C20H23N3O3S. The summed E-state index contributed by atoms with van der Waals surface area (Å²) >= 11 is 1.59. The van der Waals surface area contributed by atoms with E-state index >= 15 is 0 Å². The highest BCUT2D eigenvalue weighted by Gasteiger charge is 2.28.